The number of anilines is 1. The standard InChI is InChI=1S/C14H14F3NO3/c15-7-5-10(16)12(17)11(6-7)18-13(19)8-3-1-2-4-9(8)14(20)21/h5-6,8-9H,1-4H2,(H,18,19)(H,20,21)/t8-,9+/m1/s1. The first-order valence-corrected chi connectivity index (χ1v) is 6.58. The van der Waals surface area contributed by atoms with E-state index >= 15 is 0 Å². The predicted octanol–water partition coefficient (Wildman–Crippen LogP) is 2.93. The van der Waals surface area contributed by atoms with Gasteiger partial charge in [0.25, 0.3) is 0 Å². The van der Waals surface area contributed by atoms with E-state index in [1.165, 1.54) is 0 Å². The van der Waals surface area contributed by atoms with Crippen molar-refractivity contribution in [2.24, 2.45) is 11.8 Å². The Labute approximate surface area is 119 Å². The maximum atomic E-state index is 13.5. The molecule has 0 saturated heterocycles. The summed E-state index contributed by atoms with van der Waals surface area (Å²) in [6.45, 7) is 0. The first kappa shape index (κ1) is 15.3. The van der Waals surface area contributed by atoms with Crippen molar-refractivity contribution in [2.45, 2.75) is 25.7 Å². The van der Waals surface area contributed by atoms with Gasteiger partial charge < -0.3 is 10.4 Å². The molecule has 0 radical (unpaired) electrons. The number of nitrogens with one attached hydrogen (secondary N) is 1. The highest BCUT2D eigenvalue weighted by Gasteiger charge is 2.36. The van der Waals surface area contributed by atoms with Crippen LogP contribution < -0.4 is 5.32 Å². The molecule has 114 valence electrons. The summed E-state index contributed by atoms with van der Waals surface area (Å²) in [6.07, 6.45) is 2.08. The van der Waals surface area contributed by atoms with E-state index in [9.17, 15) is 22.8 Å². The third-order valence-electron chi connectivity index (χ3n) is 3.67. The molecule has 2 rings (SSSR count). The maximum absolute atomic E-state index is 13.5. The number of benzene rings is 1. The third kappa shape index (κ3) is 3.34. The van der Waals surface area contributed by atoms with Gasteiger partial charge >= 0.3 is 5.97 Å². The lowest BCUT2D eigenvalue weighted by molar-refractivity contribution is -0.147. The molecular weight excluding hydrogens is 287 g/mol. The van der Waals surface area contributed by atoms with Gasteiger partial charge in [0.1, 0.15) is 5.82 Å². The lowest BCUT2D eigenvalue weighted by Crippen LogP contribution is -2.36. The summed E-state index contributed by atoms with van der Waals surface area (Å²) in [5.74, 6) is -7.33. The third-order valence-corrected chi connectivity index (χ3v) is 3.67. The molecule has 1 fully saturated rings. The lowest BCUT2D eigenvalue weighted by atomic mass is 9.78. The van der Waals surface area contributed by atoms with Crippen LogP contribution in [0.25, 0.3) is 0 Å². The number of carbonyl (C=O) groups is 2. The normalized spacial score (nSPS) is 21.9. The number of hydrogen-bond acceptors (Lipinski definition) is 2. The van der Waals surface area contributed by atoms with E-state index in [2.05, 4.69) is 5.32 Å². The molecule has 0 aromatic heterocycles. The molecule has 1 aliphatic rings. The minimum absolute atomic E-state index is 0.349. The van der Waals surface area contributed by atoms with Crippen molar-refractivity contribution in [2.75, 3.05) is 5.32 Å². The van der Waals surface area contributed by atoms with Crippen LogP contribution in [0.4, 0.5) is 18.9 Å². The topological polar surface area (TPSA) is 66.4 Å². The van der Waals surface area contributed by atoms with Crippen molar-refractivity contribution >= 4 is 17.6 Å². The Morgan fingerprint density at radius 3 is 2.33 bits per heavy atom. The molecule has 21 heavy (non-hydrogen) atoms. The van der Waals surface area contributed by atoms with Gasteiger partial charge in [-0.2, -0.15) is 0 Å². The molecule has 1 saturated carbocycles. The first-order chi connectivity index (χ1) is 9.90. The minimum Gasteiger partial charge on any atom is -0.481 e. The van der Waals surface area contributed by atoms with Gasteiger partial charge in [0.2, 0.25) is 5.91 Å². The summed E-state index contributed by atoms with van der Waals surface area (Å²) in [5.41, 5.74) is -0.618. The van der Waals surface area contributed by atoms with Crippen molar-refractivity contribution in [3.63, 3.8) is 0 Å². The Kier molecular flexibility index (Phi) is 4.50. The molecule has 0 spiro atoms. The quantitative estimate of drug-likeness (QED) is 0.844. The van der Waals surface area contributed by atoms with E-state index < -0.39 is 46.9 Å². The Bertz CT molecular complexity index is 577. The Balaban J connectivity index is 2.19. The SMILES string of the molecule is O=C(O)[C@H]1CCCC[C@H]1C(=O)Nc1cc(F)cc(F)c1F. The second kappa shape index (κ2) is 6.15. The highest BCUT2D eigenvalue weighted by molar-refractivity contribution is 5.95. The van der Waals surface area contributed by atoms with Crippen LogP contribution in [0.1, 0.15) is 25.7 Å². The number of rotatable bonds is 3. The molecule has 0 heterocycles. The molecule has 0 aliphatic heterocycles. The van der Waals surface area contributed by atoms with Crippen molar-refractivity contribution in [3.05, 3.63) is 29.6 Å². The van der Waals surface area contributed by atoms with Gasteiger partial charge in [0.15, 0.2) is 11.6 Å². The van der Waals surface area contributed by atoms with E-state index in [1.54, 1.807) is 0 Å². The molecule has 1 aromatic carbocycles. The molecule has 0 bridgehead atoms. The average molecular weight is 301 g/mol. The number of amides is 1. The molecule has 2 atom stereocenters. The van der Waals surface area contributed by atoms with Crippen molar-refractivity contribution < 1.29 is 27.9 Å². The van der Waals surface area contributed by atoms with Crippen LogP contribution in [0.5, 0.6) is 0 Å². The number of hydrogen-bond donors (Lipinski definition) is 2. The molecule has 4 nitrogen and oxygen atoms in total. The van der Waals surface area contributed by atoms with Crippen LogP contribution in [-0.2, 0) is 9.59 Å². The zero-order chi connectivity index (χ0) is 15.6. The van der Waals surface area contributed by atoms with Crippen LogP contribution >= 0.6 is 0 Å². The summed E-state index contributed by atoms with van der Waals surface area (Å²) in [6, 6.07) is 1.03. The van der Waals surface area contributed by atoms with E-state index in [1.807, 2.05) is 0 Å². The van der Waals surface area contributed by atoms with Crippen molar-refractivity contribution in [3.8, 4) is 0 Å². The lowest BCUT2D eigenvalue weighted by Gasteiger charge is -2.27. The minimum atomic E-state index is -1.41. The zero-order valence-corrected chi connectivity index (χ0v) is 11.0. The number of carbonyl (C=O) groups excluding carboxylic acids is 1. The van der Waals surface area contributed by atoms with Crippen molar-refractivity contribution in [1.29, 1.82) is 0 Å². The van der Waals surface area contributed by atoms with E-state index in [-0.39, 0.29) is 0 Å². The van der Waals surface area contributed by atoms with Crippen LogP contribution in [0.3, 0.4) is 0 Å². The fourth-order valence-corrected chi connectivity index (χ4v) is 2.61. The van der Waals surface area contributed by atoms with E-state index in [0.29, 0.717) is 37.8 Å². The molecule has 0 unspecified atom stereocenters. The average Bonchev–Trinajstić information content (AvgIpc) is 2.44. The molecule has 1 aromatic rings. The number of halogens is 3. The smallest absolute Gasteiger partial charge is 0.307 e. The first-order valence-electron chi connectivity index (χ1n) is 6.58. The van der Waals surface area contributed by atoms with Gasteiger partial charge in [-0.05, 0) is 12.8 Å². The molecule has 7 heteroatoms. The summed E-state index contributed by atoms with van der Waals surface area (Å²) in [7, 11) is 0. The van der Waals surface area contributed by atoms with Gasteiger partial charge in [0, 0.05) is 12.1 Å². The molecule has 1 amide bonds. The van der Waals surface area contributed by atoms with Crippen LogP contribution in [-0.4, -0.2) is 17.0 Å². The second-order valence-electron chi connectivity index (χ2n) is 5.07. The zero-order valence-electron chi connectivity index (χ0n) is 11.0. The van der Waals surface area contributed by atoms with Gasteiger partial charge in [-0.3, -0.25) is 9.59 Å². The Morgan fingerprint density at radius 1 is 1.10 bits per heavy atom. The number of aliphatic carboxylic acids is 1. The molecular formula is C14H14F3NO3. The highest BCUT2D eigenvalue weighted by atomic mass is 19.2. The van der Waals surface area contributed by atoms with Crippen LogP contribution in [0.2, 0.25) is 0 Å². The van der Waals surface area contributed by atoms with E-state index in [0.717, 1.165) is 0 Å². The van der Waals surface area contributed by atoms with Gasteiger partial charge in [-0.15, -0.1) is 0 Å². The number of carboxylic acid groups (broad SMARTS) is 1. The Morgan fingerprint density at radius 2 is 1.71 bits per heavy atom. The monoisotopic (exact) mass is 301 g/mol. The van der Waals surface area contributed by atoms with Gasteiger partial charge in [0.05, 0.1) is 17.5 Å². The largest absolute Gasteiger partial charge is 0.481 e. The van der Waals surface area contributed by atoms with Gasteiger partial charge in [-0.25, -0.2) is 13.2 Å². The maximum Gasteiger partial charge on any atom is 0.307 e. The highest BCUT2D eigenvalue weighted by Crippen LogP contribution is 2.31. The van der Waals surface area contributed by atoms with Crippen LogP contribution in [0.15, 0.2) is 12.1 Å². The fourth-order valence-electron chi connectivity index (χ4n) is 2.61. The fraction of sp³-hybridized carbons (Fsp3) is 0.429. The summed E-state index contributed by atoms with van der Waals surface area (Å²) in [5, 5.41) is 11.2. The van der Waals surface area contributed by atoms with Crippen LogP contribution in [0, 0.1) is 29.3 Å². The van der Waals surface area contributed by atoms with E-state index in [4.69, 9.17) is 5.11 Å². The predicted molar refractivity (Wildman–Crippen MR) is 68.0 cm³/mol. The molecule has 2 N–H and O–H groups in total. The summed E-state index contributed by atoms with van der Waals surface area (Å²) < 4.78 is 39.6. The second-order valence-corrected chi connectivity index (χ2v) is 5.07. The summed E-state index contributed by atoms with van der Waals surface area (Å²) >= 11 is 0. The van der Waals surface area contributed by atoms with Crippen molar-refractivity contribution in [1.82, 2.24) is 0 Å². The Hall–Kier alpha value is -2.05. The number of carboxylic acids is 1. The van der Waals surface area contributed by atoms with Gasteiger partial charge in [-0.1, -0.05) is 12.8 Å². The molecule has 1 aliphatic carbocycles. The summed E-state index contributed by atoms with van der Waals surface area (Å²) in [4.78, 5) is 23.2.